The first-order chi connectivity index (χ1) is 13.4. The lowest BCUT2D eigenvalue weighted by molar-refractivity contribution is -0.287. The van der Waals surface area contributed by atoms with Crippen LogP contribution in [0.3, 0.4) is 0 Å². The van der Waals surface area contributed by atoms with Crippen LogP contribution in [-0.4, -0.2) is 79.0 Å². The maximum Gasteiger partial charge on any atom is 0.491 e. The standard InChI is InChI=1S/C12H18F10NO6P/c13-9(14,11(17,18)19)1-7-27-30(26,29-23(3-5-24)4-6-25)28-8-2-10(15,16)12(20,21)22/h24-25H,1-8H2. The van der Waals surface area contributed by atoms with Crippen LogP contribution in [0.2, 0.25) is 0 Å². The third kappa shape index (κ3) is 9.62. The van der Waals surface area contributed by atoms with Gasteiger partial charge in [0.2, 0.25) is 0 Å². The Bertz CT molecular complexity index is 517. The van der Waals surface area contributed by atoms with Crippen LogP contribution < -0.4 is 0 Å². The van der Waals surface area contributed by atoms with E-state index in [0.29, 0.717) is 5.06 Å². The Morgan fingerprint density at radius 2 is 1.03 bits per heavy atom. The summed E-state index contributed by atoms with van der Waals surface area (Å²) in [6.07, 6.45) is -16.2. The third-order valence-corrected chi connectivity index (χ3v) is 4.50. The Kier molecular flexibility index (Phi) is 11.0. The molecule has 0 saturated carbocycles. The van der Waals surface area contributed by atoms with Crippen molar-refractivity contribution in [3.63, 3.8) is 0 Å². The van der Waals surface area contributed by atoms with Crippen molar-refractivity contribution >= 4 is 7.82 Å². The molecule has 0 aliphatic carbocycles. The molecule has 0 saturated heterocycles. The molecule has 30 heavy (non-hydrogen) atoms. The molecule has 0 atom stereocenters. The van der Waals surface area contributed by atoms with Crippen LogP contribution in [0.1, 0.15) is 12.8 Å². The Labute approximate surface area is 163 Å². The molecule has 0 aliphatic rings. The van der Waals surface area contributed by atoms with Crippen molar-refractivity contribution in [3.05, 3.63) is 0 Å². The van der Waals surface area contributed by atoms with E-state index in [1.807, 2.05) is 0 Å². The molecule has 0 aromatic heterocycles. The van der Waals surface area contributed by atoms with E-state index in [-0.39, 0.29) is 0 Å². The van der Waals surface area contributed by atoms with Crippen LogP contribution in [0.5, 0.6) is 0 Å². The number of aliphatic hydroxyl groups is 2. The van der Waals surface area contributed by atoms with Gasteiger partial charge in [0.25, 0.3) is 0 Å². The number of halogens is 10. The van der Waals surface area contributed by atoms with Crippen LogP contribution in [0, 0.1) is 0 Å². The van der Waals surface area contributed by atoms with Crippen molar-refractivity contribution in [2.75, 3.05) is 39.5 Å². The van der Waals surface area contributed by atoms with Crippen LogP contribution in [0.4, 0.5) is 43.9 Å². The highest BCUT2D eigenvalue weighted by Crippen LogP contribution is 2.52. The molecule has 0 unspecified atom stereocenters. The zero-order valence-corrected chi connectivity index (χ0v) is 15.8. The SMILES string of the molecule is O=P(OCCC(F)(F)C(F)(F)F)(OCCC(F)(F)C(F)(F)F)ON(CCO)CCO. The molecule has 0 bridgehead atoms. The minimum absolute atomic E-state index is 0.421. The smallest absolute Gasteiger partial charge is 0.395 e. The zero-order valence-electron chi connectivity index (χ0n) is 14.9. The highest BCUT2D eigenvalue weighted by atomic mass is 31.2. The monoisotopic (exact) mass is 493 g/mol. The topological polar surface area (TPSA) is 88.5 Å². The van der Waals surface area contributed by atoms with Gasteiger partial charge >= 0.3 is 32.0 Å². The molecular formula is C12H18F10NO6P. The Hall–Kier alpha value is -0.710. The summed E-state index contributed by atoms with van der Waals surface area (Å²) in [5, 5.41) is 18.0. The minimum Gasteiger partial charge on any atom is -0.395 e. The van der Waals surface area contributed by atoms with Gasteiger partial charge in [-0.25, -0.2) is 4.57 Å². The lowest BCUT2D eigenvalue weighted by atomic mass is 10.2. The first-order valence-corrected chi connectivity index (χ1v) is 9.31. The van der Waals surface area contributed by atoms with Crippen LogP contribution in [-0.2, 0) is 18.2 Å². The summed E-state index contributed by atoms with van der Waals surface area (Å²) < 4.78 is 149. The predicted octanol–water partition coefficient (Wildman–Crippen LogP) is 3.52. The zero-order chi connectivity index (χ0) is 23.9. The molecule has 0 rings (SSSR count). The van der Waals surface area contributed by atoms with E-state index < -0.39 is 84.4 Å². The number of aliphatic hydroxyl groups excluding tert-OH is 2. The molecule has 0 aromatic carbocycles. The number of alkyl halides is 10. The van der Waals surface area contributed by atoms with Crippen molar-refractivity contribution in [2.24, 2.45) is 0 Å². The van der Waals surface area contributed by atoms with Crippen molar-refractivity contribution in [1.29, 1.82) is 0 Å². The Morgan fingerprint density at radius 1 is 0.700 bits per heavy atom. The Morgan fingerprint density at radius 3 is 1.30 bits per heavy atom. The summed E-state index contributed by atoms with van der Waals surface area (Å²) in [4.78, 5) is 0. The molecule has 0 spiro atoms. The second kappa shape index (κ2) is 11.2. The van der Waals surface area contributed by atoms with Gasteiger partial charge in [0.15, 0.2) is 0 Å². The first-order valence-electron chi connectivity index (χ1n) is 7.85. The van der Waals surface area contributed by atoms with E-state index in [2.05, 4.69) is 13.7 Å². The second-order valence-corrected chi connectivity index (χ2v) is 7.05. The molecule has 0 aromatic rings. The highest BCUT2D eigenvalue weighted by molar-refractivity contribution is 7.48. The lowest BCUT2D eigenvalue weighted by Gasteiger charge is -2.27. The van der Waals surface area contributed by atoms with Crippen LogP contribution >= 0.6 is 7.82 Å². The summed E-state index contributed by atoms with van der Waals surface area (Å²) in [7, 11) is -5.31. The lowest BCUT2D eigenvalue weighted by Crippen LogP contribution is -2.38. The van der Waals surface area contributed by atoms with Gasteiger partial charge in [0, 0.05) is 25.9 Å². The third-order valence-electron chi connectivity index (χ3n) is 3.07. The average molecular weight is 493 g/mol. The number of nitrogens with zero attached hydrogens (tertiary/aromatic N) is 1. The van der Waals surface area contributed by atoms with Crippen molar-refractivity contribution in [3.8, 4) is 0 Å². The van der Waals surface area contributed by atoms with Gasteiger partial charge in [-0.3, -0.25) is 9.05 Å². The molecule has 0 aliphatic heterocycles. The molecular weight excluding hydrogens is 475 g/mol. The van der Waals surface area contributed by atoms with E-state index in [0.717, 1.165) is 0 Å². The normalized spacial score (nSPS) is 14.6. The first kappa shape index (κ1) is 29.3. The number of rotatable bonds is 14. The van der Waals surface area contributed by atoms with E-state index >= 15 is 0 Å². The highest BCUT2D eigenvalue weighted by Gasteiger charge is 2.58. The number of hydrogen-bond donors (Lipinski definition) is 2. The number of hydroxylamine groups is 2. The molecule has 0 amide bonds. The van der Waals surface area contributed by atoms with Crippen LogP contribution in [0.15, 0.2) is 0 Å². The number of phosphoric acid groups is 1. The van der Waals surface area contributed by atoms with Gasteiger partial charge in [-0.2, -0.15) is 53.6 Å². The molecule has 0 heterocycles. The molecule has 18 heteroatoms. The van der Waals surface area contributed by atoms with Gasteiger partial charge in [-0.1, -0.05) is 0 Å². The fourth-order valence-electron chi connectivity index (χ4n) is 1.50. The van der Waals surface area contributed by atoms with Crippen molar-refractivity contribution in [1.82, 2.24) is 5.06 Å². The molecule has 0 fully saturated rings. The summed E-state index contributed by atoms with van der Waals surface area (Å²) in [6, 6.07) is 0. The quantitative estimate of drug-likeness (QED) is 0.218. The van der Waals surface area contributed by atoms with E-state index in [9.17, 15) is 48.5 Å². The van der Waals surface area contributed by atoms with E-state index in [1.54, 1.807) is 0 Å². The fraction of sp³-hybridized carbons (Fsp3) is 1.00. The van der Waals surface area contributed by atoms with Crippen LogP contribution in [0.25, 0.3) is 0 Å². The second-order valence-electron chi connectivity index (χ2n) is 5.48. The maximum atomic E-state index is 12.9. The van der Waals surface area contributed by atoms with Gasteiger partial charge in [-0.15, -0.1) is 0 Å². The minimum atomic E-state index is -6.00. The Balaban J connectivity index is 5.23. The fourth-order valence-corrected chi connectivity index (χ4v) is 2.74. The van der Waals surface area contributed by atoms with Gasteiger partial charge in [0.1, 0.15) is 0 Å². The molecule has 7 nitrogen and oxygen atoms in total. The van der Waals surface area contributed by atoms with Crippen molar-refractivity contribution in [2.45, 2.75) is 37.0 Å². The summed E-state index contributed by atoms with van der Waals surface area (Å²) in [6.45, 7) is -5.92. The van der Waals surface area contributed by atoms with Crippen molar-refractivity contribution < 1.29 is 72.4 Å². The number of phosphoric ester groups is 1. The number of hydrogen-bond acceptors (Lipinski definition) is 7. The van der Waals surface area contributed by atoms with E-state index in [4.69, 9.17) is 10.2 Å². The molecule has 182 valence electrons. The van der Waals surface area contributed by atoms with Gasteiger partial charge in [-0.05, 0) is 0 Å². The largest absolute Gasteiger partial charge is 0.491 e. The summed E-state index contributed by atoms with van der Waals surface area (Å²) >= 11 is 0. The van der Waals surface area contributed by atoms with E-state index in [1.165, 1.54) is 0 Å². The predicted molar refractivity (Wildman–Crippen MR) is 77.6 cm³/mol. The summed E-state index contributed by atoms with van der Waals surface area (Å²) in [5.41, 5.74) is 0. The maximum absolute atomic E-state index is 12.9. The average Bonchev–Trinajstić information content (AvgIpc) is 2.52. The molecule has 0 radical (unpaired) electrons. The van der Waals surface area contributed by atoms with Gasteiger partial charge in [0.05, 0.1) is 26.4 Å². The molecule has 2 N–H and O–H groups in total. The summed E-state index contributed by atoms with van der Waals surface area (Å²) in [5.74, 6) is -10.6. The van der Waals surface area contributed by atoms with Gasteiger partial charge < -0.3 is 10.2 Å².